The Kier molecular flexibility index (Phi) is 7.49. The van der Waals surface area contributed by atoms with Gasteiger partial charge in [0.2, 0.25) is 0 Å². The van der Waals surface area contributed by atoms with E-state index < -0.39 is 0 Å². The maximum atomic E-state index is 6.89. The van der Waals surface area contributed by atoms with E-state index in [9.17, 15) is 0 Å². The molecule has 10 aromatic rings. The number of fused-ring (bicyclic) bond motifs is 6. The topological polar surface area (TPSA) is 54.8 Å². The average molecular weight is 719 g/mol. The summed E-state index contributed by atoms with van der Waals surface area (Å²) in [7, 11) is 0. The van der Waals surface area contributed by atoms with Gasteiger partial charge in [-0.05, 0) is 47.0 Å². The molecule has 56 heavy (non-hydrogen) atoms. The normalized spacial score (nSPS) is 14.2. The number of aliphatic imine (C=N–C) groups is 2. The van der Waals surface area contributed by atoms with Crippen LogP contribution in [0.15, 0.2) is 209 Å². The van der Waals surface area contributed by atoms with Gasteiger partial charge in [0.15, 0.2) is 5.84 Å². The summed E-state index contributed by atoms with van der Waals surface area (Å²) in [6, 6.07) is 68.0. The first-order chi connectivity index (χ1) is 27.8. The molecule has 0 saturated carbocycles. The van der Waals surface area contributed by atoms with Crippen LogP contribution in [-0.4, -0.2) is 16.2 Å². The highest BCUT2D eigenvalue weighted by Gasteiger charge is 2.23. The van der Waals surface area contributed by atoms with Crippen molar-refractivity contribution in [3.8, 4) is 27.9 Å². The zero-order valence-electron chi connectivity index (χ0n) is 30.3. The van der Waals surface area contributed by atoms with E-state index in [1.165, 1.54) is 21.9 Å². The van der Waals surface area contributed by atoms with E-state index in [-0.39, 0.29) is 6.17 Å². The van der Waals surface area contributed by atoms with Gasteiger partial charge >= 0.3 is 0 Å². The van der Waals surface area contributed by atoms with Crippen molar-refractivity contribution < 1.29 is 4.42 Å². The summed E-state index contributed by atoms with van der Waals surface area (Å²) < 4.78 is 9.30. The van der Waals surface area contributed by atoms with Crippen molar-refractivity contribution in [3.63, 3.8) is 0 Å². The molecule has 5 heteroatoms. The Balaban J connectivity index is 1.07. The second-order valence-electron chi connectivity index (χ2n) is 14.2. The van der Waals surface area contributed by atoms with Crippen LogP contribution in [0, 0.1) is 0 Å². The summed E-state index contributed by atoms with van der Waals surface area (Å²) in [6.45, 7) is 0. The van der Waals surface area contributed by atoms with Gasteiger partial charge in [-0.3, -0.25) is 0 Å². The molecule has 0 spiro atoms. The minimum atomic E-state index is -0.280. The van der Waals surface area contributed by atoms with Crippen LogP contribution in [0.4, 0.5) is 0 Å². The van der Waals surface area contributed by atoms with E-state index in [0.29, 0.717) is 5.84 Å². The Bertz CT molecular complexity index is 3160. The zero-order chi connectivity index (χ0) is 37.0. The van der Waals surface area contributed by atoms with Crippen molar-refractivity contribution in [2.75, 3.05) is 0 Å². The number of aromatic nitrogens is 1. The quantitative estimate of drug-likeness (QED) is 0.186. The van der Waals surface area contributed by atoms with Crippen LogP contribution in [0.3, 0.4) is 0 Å². The van der Waals surface area contributed by atoms with Gasteiger partial charge in [0.25, 0.3) is 0 Å². The summed E-state index contributed by atoms with van der Waals surface area (Å²) in [4.78, 5) is 10.2. The summed E-state index contributed by atoms with van der Waals surface area (Å²) >= 11 is 0. The minimum Gasteiger partial charge on any atom is -0.455 e. The van der Waals surface area contributed by atoms with Crippen molar-refractivity contribution in [1.29, 1.82) is 0 Å². The molecule has 0 amide bonds. The molecule has 0 aliphatic carbocycles. The molecule has 11 rings (SSSR count). The monoisotopic (exact) mass is 718 g/mol. The van der Waals surface area contributed by atoms with Crippen LogP contribution >= 0.6 is 0 Å². The Morgan fingerprint density at radius 2 is 1.12 bits per heavy atom. The van der Waals surface area contributed by atoms with Crippen LogP contribution in [0.2, 0.25) is 0 Å². The molecule has 1 N–H and O–H groups in total. The summed E-state index contributed by atoms with van der Waals surface area (Å²) in [5.41, 5.74) is 12.6. The Labute approximate surface area is 323 Å². The first kappa shape index (κ1) is 32.0. The maximum Gasteiger partial charge on any atom is 0.159 e. The zero-order valence-corrected chi connectivity index (χ0v) is 30.3. The number of nitrogens with zero attached hydrogens (tertiary/aromatic N) is 3. The largest absolute Gasteiger partial charge is 0.455 e. The molecule has 1 unspecified atom stereocenters. The number of amidine groups is 2. The average Bonchev–Trinajstić information content (AvgIpc) is 3.83. The van der Waals surface area contributed by atoms with Crippen LogP contribution in [0.1, 0.15) is 22.9 Å². The highest BCUT2D eigenvalue weighted by atomic mass is 16.3. The fraction of sp³-hybridized carbons (Fsp3) is 0.0196. The molecule has 0 saturated heterocycles. The Morgan fingerprint density at radius 1 is 0.482 bits per heavy atom. The molecule has 0 radical (unpaired) electrons. The van der Waals surface area contributed by atoms with E-state index in [0.717, 1.165) is 72.3 Å². The van der Waals surface area contributed by atoms with Gasteiger partial charge in [0.05, 0.1) is 16.7 Å². The van der Waals surface area contributed by atoms with Crippen molar-refractivity contribution in [2.24, 2.45) is 9.98 Å². The van der Waals surface area contributed by atoms with Gasteiger partial charge in [-0.25, -0.2) is 9.98 Å². The van der Waals surface area contributed by atoms with Crippen molar-refractivity contribution in [2.45, 2.75) is 6.17 Å². The highest BCUT2D eigenvalue weighted by molar-refractivity contribution is 6.18. The lowest BCUT2D eigenvalue weighted by atomic mass is 9.99. The van der Waals surface area contributed by atoms with Gasteiger partial charge in [-0.15, -0.1) is 0 Å². The van der Waals surface area contributed by atoms with Crippen molar-refractivity contribution >= 4 is 55.4 Å². The number of rotatable bonds is 6. The molecular weight excluding hydrogens is 685 g/mol. The van der Waals surface area contributed by atoms with E-state index in [1.807, 2.05) is 36.4 Å². The first-order valence-corrected chi connectivity index (χ1v) is 18.9. The molecule has 264 valence electrons. The number of nitrogens with one attached hydrogen (secondary N) is 1. The molecular formula is C51H34N4O. The third-order valence-electron chi connectivity index (χ3n) is 10.9. The van der Waals surface area contributed by atoms with Crippen molar-refractivity contribution in [1.82, 2.24) is 9.88 Å². The second kappa shape index (κ2) is 13.1. The standard InChI is InChI=1S/C51H34N4O/c1-4-16-33(17-5-1)37-24-15-29-45-47(37)42-23-11-13-28-44(42)55(45)43-27-12-10-22-38(43)40-25-14-26-41-39-31-30-36(32-46(39)56-48(40)41)51-53-49(34-18-6-2-7-19-34)52-50(54-51)35-20-8-3-9-21-35/h1-32,49H,(H,52,53,54). The number of hydrogen-bond donors (Lipinski definition) is 1. The van der Waals surface area contributed by atoms with E-state index in [2.05, 4.69) is 168 Å². The van der Waals surface area contributed by atoms with Gasteiger partial charge in [0.1, 0.15) is 23.2 Å². The lowest BCUT2D eigenvalue weighted by molar-refractivity contribution is 0.668. The third kappa shape index (κ3) is 5.24. The fourth-order valence-corrected chi connectivity index (χ4v) is 8.31. The number of hydrogen-bond acceptors (Lipinski definition) is 4. The van der Waals surface area contributed by atoms with Crippen LogP contribution in [0.25, 0.3) is 71.7 Å². The summed E-state index contributed by atoms with van der Waals surface area (Å²) in [6.07, 6.45) is -0.280. The molecule has 1 atom stereocenters. The molecule has 8 aromatic carbocycles. The number of para-hydroxylation sites is 3. The molecule has 1 aliphatic rings. The van der Waals surface area contributed by atoms with Gasteiger partial charge in [-0.2, -0.15) is 0 Å². The summed E-state index contributed by atoms with van der Waals surface area (Å²) in [5, 5.41) is 8.14. The van der Waals surface area contributed by atoms with Crippen LogP contribution < -0.4 is 5.32 Å². The second-order valence-corrected chi connectivity index (χ2v) is 14.2. The predicted molar refractivity (Wildman–Crippen MR) is 231 cm³/mol. The molecule has 0 bridgehead atoms. The van der Waals surface area contributed by atoms with E-state index in [1.54, 1.807) is 0 Å². The molecule has 3 heterocycles. The Morgan fingerprint density at radius 3 is 1.96 bits per heavy atom. The number of furan rings is 1. The number of benzene rings is 8. The summed E-state index contributed by atoms with van der Waals surface area (Å²) in [5.74, 6) is 1.44. The predicted octanol–water partition coefficient (Wildman–Crippen LogP) is 12.5. The fourth-order valence-electron chi connectivity index (χ4n) is 8.31. The smallest absolute Gasteiger partial charge is 0.159 e. The maximum absolute atomic E-state index is 6.89. The van der Waals surface area contributed by atoms with Crippen LogP contribution in [-0.2, 0) is 0 Å². The van der Waals surface area contributed by atoms with Crippen molar-refractivity contribution in [3.05, 3.63) is 211 Å². The highest BCUT2D eigenvalue weighted by Crippen LogP contribution is 2.43. The lowest BCUT2D eigenvalue weighted by Gasteiger charge is -2.23. The van der Waals surface area contributed by atoms with Crippen LogP contribution in [0.5, 0.6) is 0 Å². The third-order valence-corrected chi connectivity index (χ3v) is 10.9. The molecule has 5 nitrogen and oxygen atoms in total. The van der Waals surface area contributed by atoms with Gasteiger partial charge in [0, 0.05) is 43.8 Å². The Hall–Kier alpha value is -7.50. The molecule has 0 fully saturated rings. The lowest BCUT2D eigenvalue weighted by Crippen LogP contribution is -2.33. The SMILES string of the molecule is c1ccc(C2=NC(c3ccc4c(c3)oc3c(-c5ccccc5-n5c6ccccc6c6c(-c7ccccc7)cccc65)cccc34)=NC(c3ccccc3)N2)cc1. The van der Waals surface area contributed by atoms with Gasteiger partial charge in [-0.1, -0.05) is 164 Å². The van der Waals surface area contributed by atoms with Gasteiger partial charge < -0.3 is 14.3 Å². The van der Waals surface area contributed by atoms with E-state index in [4.69, 9.17) is 14.4 Å². The van der Waals surface area contributed by atoms with E-state index >= 15 is 0 Å². The first-order valence-electron chi connectivity index (χ1n) is 18.9. The molecule has 2 aromatic heterocycles. The minimum absolute atomic E-state index is 0.280. The molecule has 1 aliphatic heterocycles.